The van der Waals surface area contributed by atoms with Crippen LogP contribution in [-0.2, 0) is 0 Å². The molecule has 0 radical (unpaired) electrons. The van der Waals surface area contributed by atoms with Gasteiger partial charge in [-0.1, -0.05) is 103 Å². The van der Waals surface area contributed by atoms with E-state index in [-0.39, 0.29) is 0 Å². The first kappa shape index (κ1) is 30.3. The van der Waals surface area contributed by atoms with Gasteiger partial charge in [-0.3, -0.25) is 0 Å². The third-order valence-electron chi connectivity index (χ3n) is 10.5. The molecule has 0 saturated heterocycles. The lowest BCUT2D eigenvalue weighted by Crippen LogP contribution is -2.10. The Kier molecular flexibility index (Phi) is 6.82. The molecule has 0 aliphatic heterocycles. The summed E-state index contributed by atoms with van der Waals surface area (Å²) in [5, 5.41) is 8.91. The topological polar surface area (TPSA) is 32.8 Å². The highest BCUT2D eigenvalue weighted by Crippen LogP contribution is 2.46. The van der Waals surface area contributed by atoms with Crippen molar-refractivity contribution in [2.24, 2.45) is 0 Å². The zero-order chi connectivity index (χ0) is 35.6. The molecule has 2 heterocycles. The lowest BCUT2D eigenvalue weighted by Gasteiger charge is -2.26. The van der Waals surface area contributed by atoms with Gasteiger partial charge in [0, 0.05) is 67.5 Å². The van der Waals surface area contributed by atoms with Crippen LogP contribution >= 0.6 is 0 Å². The van der Waals surface area contributed by atoms with Crippen LogP contribution in [0.3, 0.4) is 0 Å². The average Bonchev–Trinajstić information content (AvgIpc) is 3.77. The summed E-state index contributed by atoms with van der Waals surface area (Å²) in [7, 11) is 0. The van der Waals surface area contributed by atoms with Crippen molar-refractivity contribution in [3.63, 3.8) is 0 Å². The lowest BCUT2D eigenvalue weighted by atomic mass is 9.99. The smallest absolute Gasteiger partial charge is 0.139 e. The van der Waals surface area contributed by atoms with Crippen molar-refractivity contribution in [3.8, 4) is 0 Å². The molecule has 54 heavy (non-hydrogen) atoms. The van der Waals surface area contributed by atoms with Crippen LogP contribution in [0.25, 0.3) is 65.4 Å². The van der Waals surface area contributed by atoms with E-state index in [1.165, 1.54) is 0 Å². The van der Waals surface area contributed by atoms with Crippen LogP contribution in [0.15, 0.2) is 203 Å². The molecule has 4 nitrogen and oxygen atoms in total. The number of fused-ring (bicyclic) bond motifs is 9. The minimum atomic E-state index is 0.804. The second kappa shape index (κ2) is 12.1. The molecule has 11 aromatic rings. The van der Waals surface area contributed by atoms with Gasteiger partial charge in [0.2, 0.25) is 0 Å². The Balaban J connectivity index is 1.09. The van der Waals surface area contributed by atoms with Gasteiger partial charge in [0.25, 0.3) is 0 Å². The van der Waals surface area contributed by atoms with Crippen molar-refractivity contribution in [2.45, 2.75) is 0 Å². The predicted molar refractivity (Wildman–Crippen MR) is 225 cm³/mol. The average molecular weight is 693 g/mol. The molecule has 0 aliphatic rings. The fraction of sp³-hybridized carbons (Fsp3) is 0. The third-order valence-corrected chi connectivity index (χ3v) is 10.5. The standard InChI is InChI=1S/C50H32N2O2/c1-5-15-35(16-6-1)51(36-17-7-2-8-18-36)39-26-25-33-28-42-43-30-44-48(32-47(43)53-46(42)29-34(33)27-39)54-49-31-45(40-23-13-14-24-41(40)50(44)49)52(37-19-9-3-10-20-37)38-21-11-4-12-22-38/h1-32H. The first-order valence-corrected chi connectivity index (χ1v) is 18.3. The van der Waals surface area contributed by atoms with E-state index < -0.39 is 0 Å². The summed E-state index contributed by atoms with van der Waals surface area (Å²) in [5.41, 5.74) is 9.83. The molecule has 0 spiro atoms. The molecule has 0 fully saturated rings. The van der Waals surface area contributed by atoms with Crippen LogP contribution in [0.1, 0.15) is 0 Å². The van der Waals surface area contributed by atoms with Gasteiger partial charge in [0.05, 0.1) is 5.69 Å². The van der Waals surface area contributed by atoms with Gasteiger partial charge in [0.1, 0.15) is 22.3 Å². The van der Waals surface area contributed by atoms with Crippen molar-refractivity contribution in [1.82, 2.24) is 0 Å². The minimum absolute atomic E-state index is 0.804. The lowest BCUT2D eigenvalue weighted by molar-refractivity contribution is 0.656. The summed E-state index contributed by atoms with van der Waals surface area (Å²) in [6.07, 6.45) is 0. The highest BCUT2D eigenvalue weighted by Gasteiger charge is 2.22. The number of rotatable bonds is 6. The molecule has 0 bridgehead atoms. The molecule has 2 aromatic heterocycles. The Morgan fingerprint density at radius 3 is 1.41 bits per heavy atom. The molecule has 0 unspecified atom stereocenters. The molecule has 9 aromatic carbocycles. The largest absolute Gasteiger partial charge is 0.456 e. The number of furan rings is 2. The molecular weight excluding hydrogens is 661 g/mol. The zero-order valence-electron chi connectivity index (χ0n) is 29.2. The van der Waals surface area contributed by atoms with Gasteiger partial charge >= 0.3 is 0 Å². The number of anilines is 6. The van der Waals surface area contributed by atoms with Crippen molar-refractivity contribution < 1.29 is 8.83 Å². The van der Waals surface area contributed by atoms with E-state index in [0.29, 0.717) is 0 Å². The number of benzene rings is 9. The molecular formula is C50H32N2O2. The highest BCUT2D eigenvalue weighted by molar-refractivity contribution is 6.25. The van der Waals surface area contributed by atoms with Crippen LogP contribution in [0.2, 0.25) is 0 Å². The molecule has 0 amide bonds. The van der Waals surface area contributed by atoms with E-state index >= 15 is 0 Å². The summed E-state index contributed by atoms with van der Waals surface area (Å²) in [6, 6.07) is 68.3. The first-order valence-electron chi connectivity index (χ1n) is 18.3. The Morgan fingerprint density at radius 1 is 0.278 bits per heavy atom. The Labute approximate surface area is 311 Å². The molecule has 0 N–H and O–H groups in total. The summed E-state index contributed by atoms with van der Waals surface area (Å²) < 4.78 is 13.4. The molecule has 0 saturated carbocycles. The van der Waals surface area contributed by atoms with Crippen LogP contribution < -0.4 is 9.80 Å². The highest BCUT2D eigenvalue weighted by atomic mass is 16.3. The summed E-state index contributed by atoms with van der Waals surface area (Å²) in [6.45, 7) is 0. The van der Waals surface area contributed by atoms with E-state index in [4.69, 9.17) is 8.83 Å². The SMILES string of the molecule is c1ccc(N(c2ccccc2)c2ccc3cc4c(cc3c2)oc2cc3oc5cc(N(c6ccccc6)c6ccccc6)c6ccccc6c5c3cc24)cc1. The van der Waals surface area contributed by atoms with Gasteiger partial charge in [-0.05, 0) is 95.0 Å². The monoisotopic (exact) mass is 692 g/mol. The van der Waals surface area contributed by atoms with Crippen LogP contribution in [0.5, 0.6) is 0 Å². The predicted octanol–water partition coefficient (Wildman–Crippen LogP) is 14.7. The molecule has 0 aliphatic carbocycles. The second-order valence-electron chi connectivity index (χ2n) is 13.8. The first-order chi connectivity index (χ1) is 26.8. The number of hydrogen-bond acceptors (Lipinski definition) is 4. The normalized spacial score (nSPS) is 11.7. The van der Waals surface area contributed by atoms with Crippen molar-refractivity contribution in [2.75, 3.05) is 9.80 Å². The maximum absolute atomic E-state index is 6.74. The third kappa shape index (κ3) is 4.85. The van der Waals surface area contributed by atoms with E-state index in [1.54, 1.807) is 0 Å². The maximum Gasteiger partial charge on any atom is 0.139 e. The molecule has 0 atom stereocenters. The van der Waals surface area contributed by atoms with Crippen molar-refractivity contribution in [1.29, 1.82) is 0 Å². The Hall–Kier alpha value is -7.30. The quantitative estimate of drug-likeness (QED) is 0.174. The van der Waals surface area contributed by atoms with Gasteiger partial charge < -0.3 is 18.6 Å². The summed E-state index contributed by atoms with van der Waals surface area (Å²) >= 11 is 0. The van der Waals surface area contributed by atoms with Crippen LogP contribution in [0, 0.1) is 0 Å². The summed E-state index contributed by atoms with van der Waals surface area (Å²) in [5.74, 6) is 0. The number of nitrogens with zero attached hydrogens (tertiary/aromatic N) is 2. The zero-order valence-corrected chi connectivity index (χ0v) is 29.2. The van der Waals surface area contributed by atoms with Gasteiger partial charge in [-0.2, -0.15) is 0 Å². The second-order valence-corrected chi connectivity index (χ2v) is 13.8. The number of hydrogen-bond donors (Lipinski definition) is 0. The fourth-order valence-corrected chi connectivity index (χ4v) is 8.13. The van der Waals surface area contributed by atoms with E-state index in [0.717, 1.165) is 99.5 Å². The maximum atomic E-state index is 6.74. The molecule has 4 heteroatoms. The Morgan fingerprint density at radius 2 is 0.778 bits per heavy atom. The van der Waals surface area contributed by atoms with E-state index in [2.05, 4.69) is 204 Å². The van der Waals surface area contributed by atoms with Crippen LogP contribution in [0.4, 0.5) is 34.1 Å². The minimum Gasteiger partial charge on any atom is -0.456 e. The van der Waals surface area contributed by atoms with Crippen LogP contribution in [-0.4, -0.2) is 0 Å². The van der Waals surface area contributed by atoms with Crippen molar-refractivity contribution in [3.05, 3.63) is 194 Å². The molecule has 11 rings (SSSR count). The van der Waals surface area contributed by atoms with Gasteiger partial charge in [0.15, 0.2) is 0 Å². The van der Waals surface area contributed by atoms with Gasteiger partial charge in [-0.25, -0.2) is 0 Å². The summed E-state index contributed by atoms with van der Waals surface area (Å²) in [4.78, 5) is 4.60. The van der Waals surface area contributed by atoms with E-state index in [9.17, 15) is 0 Å². The van der Waals surface area contributed by atoms with Crippen molar-refractivity contribution >= 4 is 99.5 Å². The Bertz CT molecular complexity index is 3070. The molecule has 254 valence electrons. The van der Waals surface area contributed by atoms with E-state index in [1.807, 2.05) is 0 Å². The van der Waals surface area contributed by atoms with Gasteiger partial charge in [-0.15, -0.1) is 0 Å². The number of para-hydroxylation sites is 4. The fourth-order valence-electron chi connectivity index (χ4n) is 8.13.